The number of ether oxygens (including phenoxy) is 1. The predicted octanol–water partition coefficient (Wildman–Crippen LogP) is 3.37. The lowest BCUT2D eigenvalue weighted by atomic mass is 10.1. The molecule has 1 aromatic carbocycles. The maximum atomic E-state index is 13.3. The van der Waals surface area contributed by atoms with Crippen molar-refractivity contribution in [2.75, 3.05) is 6.54 Å². The van der Waals surface area contributed by atoms with Crippen LogP contribution in [-0.2, 0) is 0 Å². The maximum Gasteiger partial charge on any atom is 0.165 e. The fourth-order valence-corrected chi connectivity index (χ4v) is 1.71. The Morgan fingerprint density at radius 1 is 1.24 bits per heavy atom. The topological polar surface area (TPSA) is 21.3 Å². The zero-order valence-corrected chi connectivity index (χ0v) is 10.9. The largest absolute Gasteiger partial charge is 0.486 e. The van der Waals surface area contributed by atoms with E-state index in [0.717, 1.165) is 19.4 Å². The third kappa shape index (κ3) is 4.73. The van der Waals surface area contributed by atoms with Crippen molar-refractivity contribution in [3.8, 4) is 5.75 Å². The van der Waals surface area contributed by atoms with Gasteiger partial charge in [0.05, 0.1) is 0 Å². The normalized spacial score (nSPS) is 12.8. The highest BCUT2D eigenvalue weighted by molar-refractivity contribution is 5.23. The molecule has 1 unspecified atom stereocenters. The molecule has 0 aliphatic rings. The van der Waals surface area contributed by atoms with Crippen LogP contribution in [0.15, 0.2) is 24.3 Å². The molecule has 1 atom stereocenters. The van der Waals surface area contributed by atoms with E-state index in [1.54, 1.807) is 18.2 Å². The van der Waals surface area contributed by atoms with Crippen molar-refractivity contribution in [2.45, 2.75) is 45.8 Å². The van der Waals surface area contributed by atoms with E-state index in [0.29, 0.717) is 11.8 Å². The van der Waals surface area contributed by atoms with Crippen LogP contribution in [0.1, 0.15) is 33.6 Å². The van der Waals surface area contributed by atoms with Crippen LogP contribution in [0.25, 0.3) is 0 Å². The van der Waals surface area contributed by atoms with Gasteiger partial charge in [-0.25, -0.2) is 4.39 Å². The Morgan fingerprint density at radius 3 is 2.47 bits per heavy atom. The zero-order chi connectivity index (χ0) is 12.7. The van der Waals surface area contributed by atoms with Crippen molar-refractivity contribution in [2.24, 2.45) is 0 Å². The Kier molecular flexibility index (Phi) is 5.98. The number of nitrogens with one attached hydrogen (secondary N) is 1. The summed E-state index contributed by atoms with van der Waals surface area (Å²) in [6.45, 7) is 7.00. The second-order valence-corrected chi connectivity index (χ2v) is 4.28. The van der Waals surface area contributed by atoms with Gasteiger partial charge in [0.15, 0.2) is 11.6 Å². The molecule has 0 amide bonds. The summed E-state index contributed by atoms with van der Waals surface area (Å²) >= 11 is 0. The molecule has 0 fully saturated rings. The first-order valence-corrected chi connectivity index (χ1v) is 6.31. The van der Waals surface area contributed by atoms with Gasteiger partial charge in [0.1, 0.15) is 6.10 Å². The van der Waals surface area contributed by atoms with Crippen LogP contribution in [0.2, 0.25) is 0 Å². The average molecular weight is 239 g/mol. The third-order valence-corrected chi connectivity index (χ3v) is 2.84. The first-order chi connectivity index (χ1) is 8.17. The quantitative estimate of drug-likeness (QED) is 0.787. The van der Waals surface area contributed by atoms with E-state index in [-0.39, 0.29) is 11.9 Å². The molecule has 0 radical (unpaired) electrons. The summed E-state index contributed by atoms with van der Waals surface area (Å²) in [5.74, 6) is 0.0215. The highest BCUT2D eigenvalue weighted by atomic mass is 19.1. The van der Waals surface area contributed by atoms with Crippen LogP contribution >= 0.6 is 0 Å². The van der Waals surface area contributed by atoms with Crippen molar-refractivity contribution in [3.63, 3.8) is 0 Å². The Labute approximate surface area is 103 Å². The fraction of sp³-hybridized carbons (Fsp3) is 0.571. The van der Waals surface area contributed by atoms with E-state index >= 15 is 0 Å². The Balaban J connectivity index is 2.39. The van der Waals surface area contributed by atoms with Gasteiger partial charge < -0.3 is 10.1 Å². The van der Waals surface area contributed by atoms with Gasteiger partial charge in [-0.1, -0.05) is 26.0 Å². The molecule has 0 bridgehead atoms. The first kappa shape index (κ1) is 14.0. The van der Waals surface area contributed by atoms with Gasteiger partial charge in [0, 0.05) is 12.6 Å². The smallest absolute Gasteiger partial charge is 0.165 e. The van der Waals surface area contributed by atoms with Crippen molar-refractivity contribution in [3.05, 3.63) is 30.1 Å². The molecule has 1 aromatic rings. The van der Waals surface area contributed by atoms with Crippen LogP contribution in [0.3, 0.4) is 0 Å². The monoisotopic (exact) mass is 239 g/mol. The van der Waals surface area contributed by atoms with E-state index in [2.05, 4.69) is 19.2 Å². The Bertz CT molecular complexity index is 326. The minimum atomic E-state index is -0.304. The summed E-state index contributed by atoms with van der Waals surface area (Å²) in [7, 11) is 0. The predicted molar refractivity (Wildman–Crippen MR) is 68.9 cm³/mol. The molecule has 0 aliphatic carbocycles. The molecule has 96 valence electrons. The molecule has 3 heteroatoms. The molecule has 2 nitrogen and oxygen atoms in total. The van der Waals surface area contributed by atoms with Gasteiger partial charge >= 0.3 is 0 Å². The van der Waals surface area contributed by atoms with Gasteiger partial charge in [-0.05, 0) is 31.9 Å². The van der Waals surface area contributed by atoms with Crippen LogP contribution in [0.5, 0.6) is 5.75 Å². The minimum Gasteiger partial charge on any atom is -0.486 e. The lowest BCUT2D eigenvalue weighted by Gasteiger charge is -2.20. The van der Waals surface area contributed by atoms with E-state index in [4.69, 9.17) is 4.74 Å². The van der Waals surface area contributed by atoms with Crippen LogP contribution in [0, 0.1) is 5.82 Å². The lowest BCUT2D eigenvalue weighted by Crippen LogP contribution is -2.36. The molecule has 1 N–H and O–H groups in total. The molecule has 0 spiro atoms. The van der Waals surface area contributed by atoms with Gasteiger partial charge in [-0.3, -0.25) is 0 Å². The second-order valence-electron chi connectivity index (χ2n) is 4.28. The fourth-order valence-electron chi connectivity index (χ4n) is 1.71. The molecule has 0 saturated carbocycles. The lowest BCUT2D eigenvalue weighted by molar-refractivity contribution is 0.201. The molecular weight excluding hydrogens is 217 g/mol. The van der Waals surface area contributed by atoms with Gasteiger partial charge in [0.2, 0.25) is 0 Å². The van der Waals surface area contributed by atoms with Crippen molar-refractivity contribution in [1.29, 1.82) is 0 Å². The van der Waals surface area contributed by atoms with Gasteiger partial charge in [-0.2, -0.15) is 0 Å². The number of para-hydroxylation sites is 1. The minimum absolute atomic E-state index is 0.0347. The molecule has 0 saturated heterocycles. The summed E-state index contributed by atoms with van der Waals surface area (Å²) < 4.78 is 18.9. The van der Waals surface area contributed by atoms with E-state index in [9.17, 15) is 4.39 Å². The second kappa shape index (κ2) is 7.28. The van der Waals surface area contributed by atoms with Crippen molar-refractivity contribution < 1.29 is 9.13 Å². The van der Waals surface area contributed by atoms with Gasteiger partial charge in [0.25, 0.3) is 0 Å². The summed E-state index contributed by atoms with van der Waals surface area (Å²) in [6.07, 6.45) is 2.17. The highest BCUT2D eigenvalue weighted by Crippen LogP contribution is 2.16. The molecule has 0 aliphatic heterocycles. The summed E-state index contributed by atoms with van der Waals surface area (Å²) in [5, 5.41) is 3.41. The van der Waals surface area contributed by atoms with Crippen molar-refractivity contribution >= 4 is 0 Å². The van der Waals surface area contributed by atoms with Gasteiger partial charge in [-0.15, -0.1) is 0 Å². The Morgan fingerprint density at radius 2 is 1.88 bits per heavy atom. The molecule has 1 rings (SSSR count). The van der Waals surface area contributed by atoms with E-state index in [1.807, 2.05) is 6.92 Å². The molecular formula is C14H22FNO. The standard InChI is InChI=1S/C14H22FNO/c1-4-12(5-2)16-10-11(3)17-14-9-7-6-8-13(14)15/h6-9,11-12,16H,4-5,10H2,1-3H3. The SMILES string of the molecule is CCC(CC)NCC(C)Oc1ccccc1F. The number of hydrogen-bond acceptors (Lipinski definition) is 2. The maximum absolute atomic E-state index is 13.3. The highest BCUT2D eigenvalue weighted by Gasteiger charge is 2.09. The summed E-state index contributed by atoms with van der Waals surface area (Å²) in [6, 6.07) is 7.02. The summed E-state index contributed by atoms with van der Waals surface area (Å²) in [4.78, 5) is 0. The summed E-state index contributed by atoms with van der Waals surface area (Å²) in [5.41, 5.74) is 0. The number of benzene rings is 1. The van der Waals surface area contributed by atoms with Crippen LogP contribution < -0.4 is 10.1 Å². The average Bonchev–Trinajstić information content (AvgIpc) is 2.33. The van der Waals surface area contributed by atoms with Crippen molar-refractivity contribution in [1.82, 2.24) is 5.32 Å². The third-order valence-electron chi connectivity index (χ3n) is 2.84. The number of halogens is 1. The molecule has 0 heterocycles. The zero-order valence-electron chi connectivity index (χ0n) is 10.9. The number of hydrogen-bond donors (Lipinski definition) is 1. The number of rotatable bonds is 7. The molecule has 17 heavy (non-hydrogen) atoms. The first-order valence-electron chi connectivity index (χ1n) is 6.31. The van der Waals surface area contributed by atoms with Crippen LogP contribution in [-0.4, -0.2) is 18.7 Å². The van der Waals surface area contributed by atoms with E-state index in [1.165, 1.54) is 6.07 Å². The Hall–Kier alpha value is -1.09. The van der Waals surface area contributed by atoms with E-state index < -0.39 is 0 Å². The van der Waals surface area contributed by atoms with Crippen LogP contribution in [0.4, 0.5) is 4.39 Å². The molecule has 0 aromatic heterocycles.